The first kappa shape index (κ1) is 17.9. The number of para-hydroxylation sites is 1. The maximum Gasteiger partial charge on any atom is 0.260 e. The molecule has 2 aromatic carbocycles. The molecule has 2 aliphatic rings. The van der Waals surface area contributed by atoms with Crippen LogP contribution in [-0.4, -0.2) is 49.4 Å². The number of hydrogen-bond acceptors (Lipinski definition) is 4. The Kier molecular flexibility index (Phi) is 5.03. The van der Waals surface area contributed by atoms with Crippen LogP contribution in [0.5, 0.6) is 5.75 Å². The molecule has 0 unspecified atom stereocenters. The fourth-order valence-corrected chi connectivity index (χ4v) is 3.90. The first-order chi connectivity index (χ1) is 13.1. The number of benzene rings is 2. The van der Waals surface area contributed by atoms with Crippen LogP contribution in [0.4, 0.5) is 5.69 Å². The predicted octanol–water partition coefficient (Wildman–Crippen LogP) is 3.20. The summed E-state index contributed by atoms with van der Waals surface area (Å²) in [5, 5.41) is 0.728. The van der Waals surface area contributed by atoms with Gasteiger partial charge in [-0.1, -0.05) is 29.8 Å². The summed E-state index contributed by atoms with van der Waals surface area (Å²) in [5.41, 5.74) is 2.80. The number of piperazine rings is 1. The van der Waals surface area contributed by atoms with Crippen molar-refractivity contribution in [3.63, 3.8) is 0 Å². The van der Waals surface area contributed by atoms with Crippen molar-refractivity contribution in [3.8, 4) is 5.75 Å². The van der Waals surface area contributed by atoms with Gasteiger partial charge < -0.3 is 14.5 Å². The van der Waals surface area contributed by atoms with Gasteiger partial charge in [-0.05, 0) is 36.2 Å². The summed E-state index contributed by atoms with van der Waals surface area (Å²) in [7, 11) is 0. The second-order valence-corrected chi connectivity index (χ2v) is 7.26. The Morgan fingerprint density at radius 3 is 2.59 bits per heavy atom. The van der Waals surface area contributed by atoms with E-state index in [9.17, 15) is 9.59 Å². The fraction of sp³-hybridized carbons (Fsp3) is 0.333. The number of halogens is 1. The molecule has 1 aliphatic heterocycles. The Balaban J connectivity index is 1.31. The second-order valence-electron chi connectivity index (χ2n) is 6.85. The second kappa shape index (κ2) is 7.61. The van der Waals surface area contributed by atoms with E-state index in [1.807, 2.05) is 41.3 Å². The topological polar surface area (TPSA) is 49.9 Å². The molecule has 5 nitrogen and oxygen atoms in total. The van der Waals surface area contributed by atoms with Crippen LogP contribution in [-0.2, 0) is 11.2 Å². The van der Waals surface area contributed by atoms with Gasteiger partial charge in [-0.15, -0.1) is 0 Å². The van der Waals surface area contributed by atoms with Crippen molar-refractivity contribution in [1.82, 2.24) is 4.90 Å². The number of aryl methyl sites for hydroxylation is 1. The minimum Gasteiger partial charge on any atom is -0.484 e. The summed E-state index contributed by atoms with van der Waals surface area (Å²) in [5.74, 6) is 0.685. The number of carbonyl (C=O) groups is 2. The molecule has 0 aromatic heterocycles. The van der Waals surface area contributed by atoms with E-state index in [2.05, 4.69) is 4.90 Å². The van der Waals surface area contributed by atoms with E-state index in [0.717, 1.165) is 41.3 Å². The molecule has 1 heterocycles. The normalized spacial score (nSPS) is 16.4. The van der Waals surface area contributed by atoms with Gasteiger partial charge in [-0.2, -0.15) is 0 Å². The quantitative estimate of drug-likeness (QED) is 0.812. The van der Waals surface area contributed by atoms with Crippen LogP contribution in [0.25, 0.3) is 0 Å². The molecule has 0 spiro atoms. The molecule has 1 fully saturated rings. The molecular weight excluding hydrogens is 364 g/mol. The highest BCUT2D eigenvalue weighted by Crippen LogP contribution is 2.27. The number of anilines is 1. The molecule has 140 valence electrons. The highest BCUT2D eigenvalue weighted by atomic mass is 35.5. The van der Waals surface area contributed by atoms with Gasteiger partial charge in [0.15, 0.2) is 12.4 Å². The van der Waals surface area contributed by atoms with Crippen molar-refractivity contribution in [2.75, 3.05) is 37.7 Å². The highest BCUT2D eigenvalue weighted by Gasteiger charge is 2.23. The van der Waals surface area contributed by atoms with Crippen LogP contribution in [0, 0.1) is 0 Å². The van der Waals surface area contributed by atoms with Crippen molar-refractivity contribution in [1.29, 1.82) is 0 Å². The number of nitrogens with zero attached hydrogens (tertiary/aromatic N) is 2. The van der Waals surface area contributed by atoms with Crippen molar-refractivity contribution < 1.29 is 14.3 Å². The molecule has 1 aliphatic carbocycles. The van der Waals surface area contributed by atoms with Crippen molar-refractivity contribution in [2.24, 2.45) is 0 Å². The van der Waals surface area contributed by atoms with Gasteiger partial charge in [0.2, 0.25) is 0 Å². The van der Waals surface area contributed by atoms with E-state index in [4.69, 9.17) is 16.3 Å². The molecule has 1 amide bonds. The Hall–Kier alpha value is -2.53. The van der Waals surface area contributed by atoms with Crippen LogP contribution in [0.15, 0.2) is 42.5 Å². The average Bonchev–Trinajstić information content (AvgIpc) is 3.07. The van der Waals surface area contributed by atoms with E-state index in [0.29, 0.717) is 25.3 Å². The summed E-state index contributed by atoms with van der Waals surface area (Å²) < 4.78 is 5.65. The van der Waals surface area contributed by atoms with Crippen LogP contribution in [0.1, 0.15) is 22.3 Å². The Labute approximate surface area is 163 Å². The van der Waals surface area contributed by atoms with E-state index in [-0.39, 0.29) is 18.3 Å². The molecule has 0 radical (unpaired) electrons. The van der Waals surface area contributed by atoms with Crippen molar-refractivity contribution in [2.45, 2.75) is 12.8 Å². The maximum atomic E-state index is 12.5. The maximum absolute atomic E-state index is 12.5. The predicted molar refractivity (Wildman–Crippen MR) is 105 cm³/mol. The van der Waals surface area contributed by atoms with Crippen molar-refractivity contribution in [3.05, 3.63) is 58.6 Å². The lowest BCUT2D eigenvalue weighted by Crippen LogP contribution is -2.50. The van der Waals surface area contributed by atoms with Crippen LogP contribution < -0.4 is 9.64 Å². The lowest BCUT2D eigenvalue weighted by atomic mass is 10.1. The minimum atomic E-state index is -0.0411. The summed E-state index contributed by atoms with van der Waals surface area (Å²) in [4.78, 5) is 28.3. The van der Waals surface area contributed by atoms with Gasteiger partial charge in [-0.3, -0.25) is 9.59 Å². The zero-order valence-electron chi connectivity index (χ0n) is 15.0. The Morgan fingerprint density at radius 2 is 1.81 bits per heavy atom. The molecule has 0 N–H and O–H groups in total. The zero-order valence-corrected chi connectivity index (χ0v) is 15.7. The van der Waals surface area contributed by atoms with Gasteiger partial charge in [0.25, 0.3) is 5.91 Å². The number of Topliss-reactive ketones (excluding diaryl/α,β-unsaturated/α-hetero) is 1. The summed E-state index contributed by atoms with van der Waals surface area (Å²) >= 11 is 6.26. The van der Waals surface area contributed by atoms with Gasteiger partial charge >= 0.3 is 0 Å². The largest absolute Gasteiger partial charge is 0.484 e. The third kappa shape index (κ3) is 3.78. The molecule has 6 heteroatoms. The number of amides is 1. The fourth-order valence-electron chi connectivity index (χ4n) is 3.65. The molecule has 0 saturated carbocycles. The standard InChI is InChI=1S/C21H21ClN2O3/c22-18-3-1-2-4-19(18)23-9-11-24(12-10-23)21(26)14-27-16-7-5-15-6-8-20(25)17(15)13-16/h1-5,7,13H,6,8-12,14H2. The van der Waals surface area contributed by atoms with Crippen LogP contribution in [0.3, 0.4) is 0 Å². The SMILES string of the molecule is O=C1CCc2ccc(OCC(=O)N3CCN(c4ccccc4Cl)CC3)cc21. The highest BCUT2D eigenvalue weighted by molar-refractivity contribution is 6.33. The third-order valence-electron chi connectivity index (χ3n) is 5.19. The summed E-state index contributed by atoms with van der Waals surface area (Å²) in [6.45, 7) is 2.73. The first-order valence-electron chi connectivity index (χ1n) is 9.18. The van der Waals surface area contributed by atoms with Gasteiger partial charge in [-0.25, -0.2) is 0 Å². The number of rotatable bonds is 4. The molecule has 2 aromatic rings. The van der Waals surface area contributed by atoms with E-state index in [1.54, 1.807) is 6.07 Å². The van der Waals surface area contributed by atoms with Crippen molar-refractivity contribution >= 4 is 29.0 Å². The molecule has 0 bridgehead atoms. The molecule has 1 saturated heterocycles. The monoisotopic (exact) mass is 384 g/mol. The number of ketones is 1. The lowest BCUT2D eigenvalue weighted by Gasteiger charge is -2.36. The number of fused-ring (bicyclic) bond motifs is 1. The summed E-state index contributed by atoms with van der Waals surface area (Å²) in [6, 6.07) is 13.3. The first-order valence-corrected chi connectivity index (χ1v) is 9.56. The summed E-state index contributed by atoms with van der Waals surface area (Å²) in [6.07, 6.45) is 1.36. The van der Waals surface area contributed by atoms with Crippen LogP contribution >= 0.6 is 11.6 Å². The lowest BCUT2D eigenvalue weighted by molar-refractivity contribution is -0.133. The third-order valence-corrected chi connectivity index (χ3v) is 5.51. The number of hydrogen-bond donors (Lipinski definition) is 0. The Morgan fingerprint density at radius 1 is 1.04 bits per heavy atom. The molecule has 27 heavy (non-hydrogen) atoms. The van der Waals surface area contributed by atoms with E-state index in [1.165, 1.54) is 0 Å². The Bertz CT molecular complexity index is 875. The van der Waals surface area contributed by atoms with E-state index < -0.39 is 0 Å². The van der Waals surface area contributed by atoms with Gasteiger partial charge in [0.1, 0.15) is 5.75 Å². The average molecular weight is 385 g/mol. The molecule has 0 atom stereocenters. The van der Waals surface area contributed by atoms with Gasteiger partial charge in [0, 0.05) is 38.2 Å². The molecule has 4 rings (SSSR count). The smallest absolute Gasteiger partial charge is 0.260 e. The minimum absolute atomic E-state index is 0.0148. The molecular formula is C21H21ClN2O3. The van der Waals surface area contributed by atoms with Crippen LogP contribution in [0.2, 0.25) is 5.02 Å². The number of carbonyl (C=O) groups excluding carboxylic acids is 2. The number of ether oxygens (including phenoxy) is 1. The van der Waals surface area contributed by atoms with Gasteiger partial charge in [0.05, 0.1) is 10.7 Å². The zero-order chi connectivity index (χ0) is 18.8. The van der Waals surface area contributed by atoms with E-state index >= 15 is 0 Å².